The molecule has 0 aliphatic heterocycles. The topological polar surface area (TPSA) is 91.4 Å². The van der Waals surface area contributed by atoms with Gasteiger partial charge in [0, 0.05) is 13.7 Å². The first-order valence-electron chi connectivity index (χ1n) is 6.79. The Bertz CT molecular complexity index is 441. The van der Waals surface area contributed by atoms with Crippen LogP contribution in [0.25, 0.3) is 0 Å². The minimum Gasteiger partial charge on any atom is -0.465 e. The van der Waals surface area contributed by atoms with Crippen molar-refractivity contribution in [1.29, 1.82) is 0 Å². The SMILES string of the molecule is CCC(CC)n1nc(NCCOC)c(C(=O)OC)c1N. The molecule has 0 saturated heterocycles. The number of ether oxygens (including phenoxy) is 2. The van der Waals surface area contributed by atoms with E-state index in [0.717, 1.165) is 12.8 Å². The summed E-state index contributed by atoms with van der Waals surface area (Å²) in [5.41, 5.74) is 6.35. The summed E-state index contributed by atoms with van der Waals surface area (Å²) in [6, 6.07) is 0.163. The molecule has 0 atom stereocenters. The number of nitrogen functional groups attached to an aromatic ring is 1. The van der Waals surface area contributed by atoms with E-state index in [0.29, 0.717) is 24.8 Å². The molecule has 20 heavy (non-hydrogen) atoms. The van der Waals surface area contributed by atoms with E-state index >= 15 is 0 Å². The van der Waals surface area contributed by atoms with Gasteiger partial charge in [0.2, 0.25) is 0 Å². The number of carbonyl (C=O) groups is 1. The zero-order chi connectivity index (χ0) is 15.1. The van der Waals surface area contributed by atoms with E-state index in [-0.39, 0.29) is 11.6 Å². The molecule has 0 aliphatic carbocycles. The Balaban J connectivity index is 3.13. The minimum absolute atomic E-state index is 0.163. The molecule has 7 heteroatoms. The second-order valence-corrected chi connectivity index (χ2v) is 4.43. The molecule has 0 aromatic carbocycles. The second-order valence-electron chi connectivity index (χ2n) is 4.43. The monoisotopic (exact) mass is 284 g/mol. The maximum Gasteiger partial charge on any atom is 0.345 e. The van der Waals surface area contributed by atoms with Crippen molar-refractivity contribution in [3.05, 3.63) is 5.56 Å². The number of aromatic nitrogens is 2. The van der Waals surface area contributed by atoms with Crippen molar-refractivity contribution in [2.45, 2.75) is 32.7 Å². The lowest BCUT2D eigenvalue weighted by molar-refractivity contribution is 0.0603. The van der Waals surface area contributed by atoms with Gasteiger partial charge in [-0.25, -0.2) is 9.48 Å². The van der Waals surface area contributed by atoms with E-state index in [9.17, 15) is 4.79 Å². The van der Waals surface area contributed by atoms with Crippen LogP contribution in [0, 0.1) is 0 Å². The molecule has 3 N–H and O–H groups in total. The number of hydrogen-bond donors (Lipinski definition) is 2. The number of nitrogens with two attached hydrogens (primary N) is 1. The predicted octanol–water partition coefficient (Wildman–Crippen LogP) is 1.67. The second kappa shape index (κ2) is 7.74. The summed E-state index contributed by atoms with van der Waals surface area (Å²) in [7, 11) is 2.94. The van der Waals surface area contributed by atoms with Crippen LogP contribution in [-0.4, -0.2) is 43.1 Å². The number of anilines is 2. The van der Waals surface area contributed by atoms with Crippen molar-refractivity contribution >= 4 is 17.6 Å². The third kappa shape index (κ3) is 3.41. The lowest BCUT2D eigenvalue weighted by atomic mass is 10.2. The quantitative estimate of drug-likeness (QED) is 0.557. The Kier molecular flexibility index (Phi) is 6.30. The van der Waals surface area contributed by atoms with Crippen LogP contribution in [0.4, 0.5) is 11.6 Å². The van der Waals surface area contributed by atoms with Crippen LogP contribution in [-0.2, 0) is 9.47 Å². The van der Waals surface area contributed by atoms with Crippen LogP contribution < -0.4 is 11.1 Å². The molecule has 1 aromatic rings. The Morgan fingerprint density at radius 2 is 2.05 bits per heavy atom. The molecule has 1 rings (SSSR count). The van der Waals surface area contributed by atoms with E-state index < -0.39 is 5.97 Å². The highest BCUT2D eigenvalue weighted by Gasteiger charge is 2.25. The van der Waals surface area contributed by atoms with Crippen LogP contribution in [0.1, 0.15) is 43.1 Å². The average molecular weight is 284 g/mol. The van der Waals surface area contributed by atoms with Gasteiger partial charge in [0.1, 0.15) is 11.4 Å². The highest BCUT2D eigenvalue weighted by Crippen LogP contribution is 2.28. The summed E-state index contributed by atoms with van der Waals surface area (Å²) < 4.78 is 11.4. The van der Waals surface area contributed by atoms with Crippen molar-refractivity contribution in [3.63, 3.8) is 0 Å². The fourth-order valence-corrected chi connectivity index (χ4v) is 2.06. The Labute approximate surface area is 119 Å². The van der Waals surface area contributed by atoms with E-state index in [4.69, 9.17) is 15.2 Å². The Morgan fingerprint density at radius 1 is 1.40 bits per heavy atom. The molecule has 7 nitrogen and oxygen atoms in total. The molecule has 0 bridgehead atoms. The first-order chi connectivity index (χ1) is 9.60. The van der Waals surface area contributed by atoms with E-state index in [1.165, 1.54) is 7.11 Å². The van der Waals surface area contributed by atoms with Gasteiger partial charge in [0.15, 0.2) is 5.82 Å². The molecule has 0 amide bonds. The molecule has 114 valence electrons. The maximum atomic E-state index is 11.9. The fourth-order valence-electron chi connectivity index (χ4n) is 2.06. The van der Waals surface area contributed by atoms with Crippen LogP contribution >= 0.6 is 0 Å². The zero-order valence-electron chi connectivity index (χ0n) is 12.6. The van der Waals surface area contributed by atoms with Gasteiger partial charge < -0.3 is 20.5 Å². The smallest absolute Gasteiger partial charge is 0.345 e. The van der Waals surface area contributed by atoms with Gasteiger partial charge in [-0.15, -0.1) is 0 Å². The van der Waals surface area contributed by atoms with E-state index in [2.05, 4.69) is 24.3 Å². The minimum atomic E-state index is -0.486. The van der Waals surface area contributed by atoms with Gasteiger partial charge >= 0.3 is 5.97 Å². The molecule has 0 fully saturated rings. The van der Waals surface area contributed by atoms with Gasteiger partial charge in [-0.05, 0) is 12.8 Å². The van der Waals surface area contributed by atoms with Gasteiger partial charge in [0.25, 0.3) is 0 Å². The molecule has 0 saturated carbocycles. The number of carbonyl (C=O) groups excluding carboxylic acids is 1. The number of methoxy groups -OCH3 is 2. The molecular weight excluding hydrogens is 260 g/mol. The maximum absolute atomic E-state index is 11.9. The Hall–Kier alpha value is -1.76. The van der Waals surface area contributed by atoms with Crippen molar-refractivity contribution in [2.75, 3.05) is 38.4 Å². The molecule has 0 radical (unpaired) electrons. The summed E-state index contributed by atoms with van der Waals surface area (Å²) in [5, 5.41) is 7.47. The summed E-state index contributed by atoms with van der Waals surface area (Å²) in [6.07, 6.45) is 1.78. The van der Waals surface area contributed by atoms with Crippen molar-refractivity contribution in [3.8, 4) is 0 Å². The first-order valence-corrected chi connectivity index (χ1v) is 6.79. The third-order valence-corrected chi connectivity index (χ3v) is 3.22. The number of rotatable bonds is 8. The number of nitrogens with one attached hydrogen (secondary N) is 1. The van der Waals surface area contributed by atoms with Crippen LogP contribution in [0.15, 0.2) is 0 Å². The fraction of sp³-hybridized carbons (Fsp3) is 0.692. The largest absolute Gasteiger partial charge is 0.465 e. The van der Waals surface area contributed by atoms with Crippen LogP contribution in [0.5, 0.6) is 0 Å². The lowest BCUT2D eigenvalue weighted by Gasteiger charge is -2.14. The normalized spacial score (nSPS) is 10.8. The van der Waals surface area contributed by atoms with Gasteiger partial charge in [-0.2, -0.15) is 5.10 Å². The van der Waals surface area contributed by atoms with Crippen molar-refractivity contribution in [2.24, 2.45) is 0 Å². The molecule has 0 aliphatic rings. The number of nitrogens with zero attached hydrogens (tertiary/aromatic N) is 2. The van der Waals surface area contributed by atoms with E-state index in [1.807, 2.05) is 0 Å². The van der Waals surface area contributed by atoms with Gasteiger partial charge in [0.05, 0.1) is 19.8 Å². The number of esters is 1. The highest BCUT2D eigenvalue weighted by atomic mass is 16.5. The van der Waals surface area contributed by atoms with Crippen LogP contribution in [0.2, 0.25) is 0 Å². The summed E-state index contributed by atoms with van der Waals surface area (Å²) in [4.78, 5) is 11.9. The highest BCUT2D eigenvalue weighted by molar-refractivity contribution is 5.99. The van der Waals surface area contributed by atoms with Gasteiger partial charge in [-0.1, -0.05) is 13.8 Å². The Morgan fingerprint density at radius 3 is 2.55 bits per heavy atom. The summed E-state index contributed by atoms with van der Waals surface area (Å²) in [5.74, 6) is 0.295. The van der Waals surface area contributed by atoms with Crippen LogP contribution in [0.3, 0.4) is 0 Å². The molecule has 0 spiro atoms. The lowest BCUT2D eigenvalue weighted by Crippen LogP contribution is -2.13. The molecular formula is C13H24N4O3. The van der Waals surface area contributed by atoms with Crippen molar-refractivity contribution < 1.29 is 14.3 Å². The third-order valence-electron chi connectivity index (χ3n) is 3.22. The van der Waals surface area contributed by atoms with Gasteiger partial charge in [-0.3, -0.25) is 0 Å². The molecule has 1 heterocycles. The van der Waals surface area contributed by atoms with E-state index in [1.54, 1.807) is 11.8 Å². The molecule has 1 aromatic heterocycles. The summed E-state index contributed by atoms with van der Waals surface area (Å²) in [6.45, 7) is 5.18. The molecule has 0 unspecified atom stereocenters. The summed E-state index contributed by atoms with van der Waals surface area (Å²) >= 11 is 0. The predicted molar refractivity (Wildman–Crippen MR) is 78.0 cm³/mol. The van der Waals surface area contributed by atoms with Crippen molar-refractivity contribution in [1.82, 2.24) is 9.78 Å². The average Bonchev–Trinajstić information content (AvgIpc) is 2.77. The number of hydrogen-bond acceptors (Lipinski definition) is 6. The zero-order valence-corrected chi connectivity index (χ0v) is 12.6. The standard InChI is InChI=1S/C13H24N4O3/c1-5-9(6-2)17-11(14)10(13(18)20-4)12(16-17)15-7-8-19-3/h9H,5-8,14H2,1-4H3,(H,15,16). The first kappa shape index (κ1) is 16.3.